The van der Waals surface area contributed by atoms with Crippen molar-refractivity contribution in [1.29, 1.82) is 0 Å². The van der Waals surface area contributed by atoms with Crippen molar-refractivity contribution >= 4 is 34.2 Å². The fourth-order valence-electron chi connectivity index (χ4n) is 3.03. The first-order chi connectivity index (χ1) is 13.0. The van der Waals surface area contributed by atoms with Gasteiger partial charge in [0.1, 0.15) is 5.65 Å². The normalized spacial score (nSPS) is 11.4. The van der Waals surface area contributed by atoms with Crippen LogP contribution in [0.15, 0.2) is 55.1 Å². The molecule has 1 N–H and O–H groups in total. The highest BCUT2D eigenvalue weighted by Gasteiger charge is 2.15. The van der Waals surface area contributed by atoms with Crippen molar-refractivity contribution in [2.75, 3.05) is 11.4 Å². The molecule has 0 fully saturated rings. The van der Waals surface area contributed by atoms with Gasteiger partial charge in [0.15, 0.2) is 5.82 Å². The van der Waals surface area contributed by atoms with Crippen molar-refractivity contribution in [2.45, 2.75) is 13.8 Å². The van der Waals surface area contributed by atoms with E-state index in [4.69, 9.17) is 4.98 Å². The number of fused-ring (bicyclic) bond motifs is 2. The molecule has 0 aliphatic heterocycles. The lowest BCUT2D eigenvalue weighted by atomic mass is 10.2. The molecule has 1 aromatic carbocycles. The van der Waals surface area contributed by atoms with Gasteiger partial charge in [-0.25, -0.2) is 14.8 Å². The molecule has 0 amide bonds. The van der Waals surface area contributed by atoms with Crippen molar-refractivity contribution < 1.29 is 9.90 Å². The van der Waals surface area contributed by atoms with Gasteiger partial charge in [0.25, 0.3) is 0 Å². The molecule has 4 aromatic rings. The summed E-state index contributed by atoms with van der Waals surface area (Å²) in [4.78, 5) is 26.8. The molecule has 3 heterocycles. The van der Waals surface area contributed by atoms with E-state index in [2.05, 4.69) is 28.7 Å². The number of hydrogen-bond acceptors (Lipinski definition) is 5. The van der Waals surface area contributed by atoms with Crippen LogP contribution in [0.4, 0.5) is 11.5 Å². The summed E-state index contributed by atoms with van der Waals surface area (Å²) < 4.78 is 1.96. The monoisotopic (exact) mass is 361 g/mol. The fourth-order valence-corrected chi connectivity index (χ4v) is 3.03. The molecular weight excluding hydrogens is 342 g/mol. The fraction of sp³-hybridized carbons (Fsp3) is 0.200. The average molecular weight is 361 g/mol. The number of carboxylic acids is 1. The number of imidazole rings is 1. The highest BCUT2D eigenvalue weighted by molar-refractivity contribution is 5.92. The van der Waals surface area contributed by atoms with E-state index in [9.17, 15) is 9.90 Å². The van der Waals surface area contributed by atoms with Crippen LogP contribution in [0.2, 0.25) is 0 Å². The van der Waals surface area contributed by atoms with Crippen LogP contribution in [0.3, 0.4) is 0 Å². The molecule has 0 atom stereocenters. The number of benzene rings is 1. The van der Waals surface area contributed by atoms with Crippen LogP contribution in [0.1, 0.15) is 24.2 Å². The maximum Gasteiger partial charge on any atom is 0.335 e. The van der Waals surface area contributed by atoms with Gasteiger partial charge in [-0.05, 0) is 36.2 Å². The van der Waals surface area contributed by atoms with E-state index in [1.807, 2.05) is 28.9 Å². The third-order valence-electron chi connectivity index (χ3n) is 4.29. The Morgan fingerprint density at radius 2 is 2.04 bits per heavy atom. The molecule has 7 heteroatoms. The Balaban J connectivity index is 1.82. The van der Waals surface area contributed by atoms with E-state index in [1.54, 1.807) is 24.5 Å². The predicted molar refractivity (Wildman–Crippen MR) is 104 cm³/mol. The smallest absolute Gasteiger partial charge is 0.335 e. The number of pyridine rings is 1. The summed E-state index contributed by atoms with van der Waals surface area (Å²) in [6.45, 7) is 5.03. The molecule has 3 aromatic heterocycles. The maximum absolute atomic E-state index is 11.3. The Bertz CT molecular complexity index is 1140. The standard InChI is InChI=1S/C20H19N5O2/c1-13(2)11-25(15-4-6-18-21-7-8-24(18)12-15)19-10-22-16-5-3-14(20(26)27)9-17(16)23-19/h3-10,12-13H,11H2,1-2H3,(H,26,27). The zero-order valence-corrected chi connectivity index (χ0v) is 15.1. The lowest BCUT2D eigenvalue weighted by Crippen LogP contribution is -2.23. The number of anilines is 2. The first kappa shape index (κ1) is 17.0. The molecule has 27 heavy (non-hydrogen) atoms. The minimum atomic E-state index is -0.978. The number of aromatic carboxylic acids is 1. The van der Waals surface area contributed by atoms with E-state index in [1.165, 1.54) is 6.07 Å². The van der Waals surface area contributed by atoms with Crippen molar-refractivity contribution in [2.24, 2.45) is 5.92 Å². The summed E-state index contributed by atoms with van der Waals surface area (Å²) in [6.07, 6.45) is 7.39. The molecular formula is C20H19N5O2. The first-order valence-electron chi connectivity index (χ1n) is 8.71. The molecule has 4 rings (SSSR count). The van der Waals surface area contributed by atoms with Crippen LogP contribution >= 0.6 is 0 Å². The Labute approximate surface area is 155 Å². The van der Waals surface area contributed by atoms with Gasteiger partial charge in [-0.2, -0.15) is 0 Å². The van der Waals surface area contributed by atoms with Gasteiger partial charge in [0.2, 0.25) is 0 Å². The second-order valence-corrected chi connectivity index (χ2v) is 6.82. The number of aromatic nitrogens is 4. The van der Waals surface area contributed by atoms with E-state index in [0.717, 1.165) is 17.9 Å². The Morgan fingerprint density at radius 3 is 2.81 bits per heavy atom. The van der Waals surface area contributed by atoms with E-state index >= 15 is 0 Å². The molecule has 0 aliphatic rings. The lowest BCUT2D eigenvalue weighted by molar-refractivity contribution is 0.0697. The van der Waals surface area contributed by atoms with Crippen LogP contribution in [0.25, 0.3) is 16.7 Å². The molecule has 0 unspecified atom stereocenters. The van der Waals surface area contributed by atoms with Gasteiger partial charge in [0.05, 0.1) is 28.5 Å². The largest absolute Gasteiger partial charge is 0.478 e. The van der Waals surface area contributed by atoms with Crippen LogP contribution in [-0.2, 0) is 0 Å². The number of rotatable bonds is 5. The number of nitrogens with zero attached hydrogens (tertiary/aromatic N) is 5. The van der Waals surface area contributed by atoms with E-state index in [0.29, 0.717) is 22.8 Å². The third-order valence-corrected chi connectivity index (χ3v) is 4.29. The van der Waals surface area contributed by atoms with Gasteiger partial charge >= 0.3 is 5.97 Å². The molecule has 0 saturated carbocycles. The zero-order chi connectivity index (χ0) is 19.0. The minimum absolute atomic E-state index is 0.198. The van der Waals surface area contributed by atoms with Crippen molar-refractivity contribution in [3.05, 3.63) is 60.7 Å². The zero-order valence-electron chi connectivity index (χ0n) is 15.1. The van der Waals surface area contributed by atoms with Crippen molar-refractivity contribution in [1.82, 2.24) is 19.4 Å². The van der Waals surface area contributed by atoms with Gasteiger partial charge in [-0.1, -0.05) is 13.8 Å². The summed E-state index contributed by atoms with van der Waals surface area (Å²) in [5, 5.41) is 9.23. The SMILES string of the molecule is CC(C)CN(c1ccc2nccn2c1)c1cnc2ccc(C(=O)O)cc2n1. The highest BCUT2D eigenvalue weighted by atomic mass is 16.4. The second kappa shape index (κ2) is 6.68. The summed E-state index contributed by atoms with van der Waals surface area (Å²) in [6, 6.07) is 8.74. The van der Waals surface area contributed by atoms with Crippen molar-refractivity contribution in [3.63, 3.8) is 0 Å². The van der Waals surface area contributed by atoms with Crippen molar-refractivity contribution in [3.8, 4) is 0 Å². The van der Waals surface area contributed by atoms with Crippen LogP contribution < -0.4 is 4.90 Å². The lowest BCUT2D eigenvalue weighted by Gasteiger charge is -2.25. The topological polar surface area (TPSA) is 83.6 Å². The maximum atomic E-state index is 11.3. The summed E-state index contributed by atoms with van der Waals surface area (Å²) in [5.74, 6) is 0.0956. The van der Waals surface area contributed by atoms with Gasteiger partial charge in [0, 0.05) is 25.1 Å². The molecule has 7 nitrogen and oxygen atoms in total. The van der Waals surface area contributed by atoms with E-state index in [-0.39, 0.29) is 5.56 Å². The average Bonchev–Trinajstić information content (AvgIpc) is 3.12. The van der Waals surface area contributed by atoms with Gasteiger partial charge in [-0.3, -0.25) is 4.98 Å². The van der Waals surface area contributed by atoms with E-state index < -0.39 is 5.97 Å². The number of hydrogen-bond donors (Lipinski definition) is 1. The number of carboxylic acid groups (broad SMARTS) is 1. The van der Waals surface area contributed by atoms with Crippen LogP contribution in [0, 0.1) is 5.92 Å². The minimum Gasteiger partial charge on any atom is -0.478 e. The van der Waals surface area contributed by atoms with Crippen LogP contribution in [-0.4, -0.2) is 37.0 Å². The summed E-state index contributed by atoms with van der Waals surface area (Å²) >= 11 is 0. The highest BCUT2D eigenvalue weighted by Crippen LogP contribution is 2.26. The third kappa shape index (κ3) is 3.31. The summed E-state index contributed by atoms with van der Waals surface area (Å²) in [7, 11) is 0. The molecule has 0 spiro atoms. The Hall–Kier alpha value is -3.48. The van der Waals surface area contributed by atoms with Gasteiger partial charge < -0.3 is 14.4 Å². The van der Waals surface area contributed by atoms with Gasteiger partial charge in [-0.15, -0.1) is 0 Å². The second-order valence-electron chi connectivity index (χ2n) is 6.82. The molecule has 0 saturated heterocycles. The molecule has 0 aliphatic carbocycles. The predicted octanol–water partition coefficient (Wildman–Crippen LogP) is 3.77. The molecule has 136 valence electrons. The molecule has 0 bridgehead atoms. The Morgan fingerprint density at radius 1 is 1.19 bits per heavy atom. The molecule has 0 radical (unpaired) electrons. The number of carbonyl (C=O) groups is 1. The van der Waals surface area contributed by atoms with Crippen LogP contribution in [0.5, 0.6) is 0 Å². The quantitative estimate of drug-likeness (QED) is 0.582. The Kier molecular flexibility index (Phi) is 4.19. The first-order valence-corrected chi connectivity index (χ1v) is 8.71. The summed E-state index contributed by atoms with van der Waals surface area (Å²) in [5.41, 5.74) is 3.27.